The number of nitrogens with one attached hydrogen (secondary N) is 3. The number of halogens is 1. The first kappa shape index (κ1) is 20.6. The lowest BCUT2D eigenvalue weighted by Gasteiger charge is -2.33. The van der Waals surface area contributed by atoms with E-state index in [2.05, 4.69) is 41.5 Å². The summed E-state index contributed by atoms with van der Waals surface area (Å²) in [6.07, 6.45) is 0. The molecule has 1 heterocycles. The second-order valence-corrected chi connectivity index (χ2v) is 8.31. The lowest BCUT2D eigenvalue weighted by molar-refractivity contribution is -1.02. The molecule has 0 radical (unpaired) electrons. The summed E-state index contributed by atoms with van der Waals surface area (Å²) in [5.41, 5.74) is 3.10. The van der Waals surface area contributed by atoms with Gasteiger partial charge in [0.1, 0.15) is 32.2 Å². The van der Waals surface area contributed by atoms with E-state index in [-0.39, 0.29) is 11.9 Å². The molecule has 1 fully saturated rings. The molecule has 0 unspecified atom stereocenters. The largest absolute Gasteiger partial charge is 0.378 e. The van der Waals surface area contributed by atoms with Crippen LogP contribution in [0.15, 0.2) is 48.5 Å². The second kappa shape index (κ2) is 9.41. The molecule has 1 aliphatic heterocycles. The van der Waals surface area contributed by atoms with Gasteiger partial charge in [-0.25, -0.2) is 0 Å². The molecule has 28 heavy (non-hydrogen) atoms. The van der Waals surface area contributed by atoms with E-state index in [1.54, 1.807) is 34.1 Å². The minimum absolute atomic E-state index is 0.0502. The quantitative estimate of drug-likeness (QED) is 0.650. The number of quaternary nitrogens is 2. The molecule has 0 aromatic heterocycles. The van der Waals surface area contributed by atoms with Crippen LogP contribution in [0, 0.1) is 0 Å². The topological polar surface area (TPSA) is 41.2 Å². The van der Waals surface area contributed by atoms with Crippen LogP contribution in [0.2, 0.25) is 5.02 Å². The minimum Gasteiger partial charge on any atom is -0.378 e. The van der Waals surface area contributed by atoms with E-state index in [1.165, 1.54) is 11.3 Å². The number of likely N-dealkylation sites (N-methyl/N-ethyl adjacent to an activating group) is 1. The Morgan fingerprint density at radius 1 is 1.04 bits per heavy atom. The average molecular weight is 403 g/mol. The number of hydrogen-bond donors (Lipinski definition) is 3. The number of anilines is 1. The zero-order chi connectivity index (χ0) is 20.1. The van der Waals surface area contributed by atoms with Gasteiger partial charge in [0.25, 0.3) is 5.91 Å². The second-order valence-electron chi connectivity index (χ2n) is 7.87. The predicted molar refractivity (Wildman–Crippen MR) is 115 cm³/mol. The Hall–Kier alpha value is -2.08. The van der Waals surface area contributed by atoms with Gasteiger partial charge in [-0.1, -0.05) is 23.7 Å². The molecule has 0 saturated carbocycles. The maximum atomic E-state index is 12.6. The number of amides is 1. The highest BCUT2D eigenvalue weighted by Gasteiger charge is 2.29. The number of nitrogens with zero attached hydrogens (tertiary/aromatic N) is 1. The normalized spacial score (nSPS) is 20.4. The number of hydrogen-bond acceptors (Lipinski definition) is 2. The van der Waals surface area contributed by atoms with E-state index >= 15 is 0 Å². The Labute approximate surface area is 172 Å². The van der Waals surface area contributed by atoms with E-state index in [4.69, 9.17) is 11.6 Å². The Morgan fingerprint density at radius 3 is 2.21 bits per heavy atom. The van der Waals surface area contributed by atoms with E-state index < -0.39 is 0 Å². The number of benzene rings is 2. The number of piperazine rings is 1. The molecule has 3 rings (SSSR count). The summed E-state index contributed by atoms with van der Waals surface area (Å²) >= 11 is 5.93. The van der Waals surface area contributed by atoms with Gasteiger partial charge in [0, 0.05) is 35.9 Å². The number of rotatable bonds is 6. The van der Waals surface area contributed by atoms with Gasteiger partial charge in [-0.3, -0.25) is 4.79 Å². The fourth-order valence-corrected chi connectivity index (χ4v) is 3.87. The highest BCUT2D eigenvalue weighted by molar-refractivity contribution is 6.30. The molecule has 150 valence electrons. The first-order valence-electron chi connectivity index (χ1n) is 9.91. The van der Waals surface area contributed by atoms with Crippen LogP contribution in [0.4, 0.5) is 5.69 Å². The van der Waals surface area contributed by atoms with Crippen LogP contribution in [0.3, 0.4) is 0 Å². The van der Waals surface area contributed by atoms with Crippen molar-refractivity contribution in [3.8, 4) is 0 Å². The van der Waals surface area contributed by atoms with Crippen molar-refractivity contribution in [2.45, 2.75) is 6.04 Å². The third kappa shape index (κ3) is 5.25. The average Bonchev–Trinajstić information content (AvgIpc) is 2.70. The first-order chi connectivity index (χ1) is 13.4. The van der Waals surface area contributed by atoms with Crippen LogP contribution in [0.5, 0.6) is 0 Å². The van der Waals surface area contributed by atoms with Crippen molar-refractivity contribution in [3.05, 3.63) is 64.7 Å². The zero-order valence-electron chi connectivity index (χ0n) is 17.0. The van der Waals surface area contributed by atoms with E-state index in [9.17, 15) is 4.79 Å². The monoisotopic (exact) mass is 402 g/mol. The van der Waals surface area contributed by atoms with Gasteiger partial charge in [0.2, 0.25) is 0 Å². The van der Waals surface area contributed by atoms with Crippen LogP contribution >= 0.6 is 11.6 Å². The van der Waals surface area contributed by atoms with Gasteiger partial charge in [-0.05, 0) is 36.4 Å². The molecule has 2 aromatic rings. The van der Waals surface area contributed by atoms with E-state index in [0.29, 0.717) is 17.1 Å². The van der Waals surface area contributed by atoms with Crippen LogP contribution in [-0.2, 0) is 0 Å². The van der Waals surface area contributed by atoms with Gasteiger partial charge in [0.05, 0.1) is 13.6 Å². The molecular weight excluding hydrogens is 372 g/mol. The summed E-state index contributed by atoms with van der Waals surface area (Å²) in [6.45, 7) is 5.17. The molecule has 3 N–H and O–H groups in total. The Morgan fingerprint density at radius 2 is 1.64 bits per heavy atom. The maximum absolute atomic E-state index is 12.6. The van der Waals surface area contributed by atoms with E-state index in [1.807, 2.05) is 14.1 Å². The van der Waals surface area contributed by atoms with Crippen molar-refractivity contribution < 1.29 is 14.6 Å². The highest BCUT2D eigenvalue weighted by atomic mass is 35.5. The first-order valence-corrected chi connectivity index (χ1v) is 10.3. The van der Waals surface area contributed by atoms with Gasteiger partial charge in [-0.15, -0.1) is 0 Å². The molecule has 6 heteroatoms. The lowest BCUT2D eigenvalue weighted by atomic mass is 10.0. The third-order valence-corrected chi connectivity index (χ3v) is 5.88. The highest BCUT2D eigenvalue weighted by Crippen LogP contribution is 2.16. The summed E-state index contributed by atoms with van der Waals surface area (Å²) in [5, 5.41) is 3.78. The van der Waals surface area contributed by atoms with Gasteiger partial charge >= 0.3 is 0 Å². The molecule has 1 amide bonds. The Bertz CT molecular complexity index is 768. The summed E-state index contributed by atoms with van der Waals surface area (Å²) in [4.78, 5) is 17.8. The number of carbonyl (C=O) groups excluding carboxylic acids is 1. The summed E-state index contributed by atoms with van der Waals surface area (Å²) in [7, 11) is 6.35. The van der Waals surface area contributed by atoms with Gasteiger partial charge < -0.3 is 20.0 Å². The Balaban J connectivity index is 1.74. The molecule has 1 aliphatic rings. The van der Waals surface area contributed by atoms with Crippen LogP contribution in [-0.4, -0.2) is 59.8 Å². The number of carbonyl (C=O) groups is 1. The molecule has 1 atom stereocenters. The fraction of sp³-hybridized carbons (Fsp3) is 0.409. The molecule has 1 saturated heterocycles. The maximum Gasteiger partial charge on any atom is 0.251 e. The van der Waals surface area contributed by atoms with Crippen molar-refractivity contribution in [2.75, 3.05) is 58.8 Å². The summed E-state index contributed by atoms with van der Waals surface area (Å²) in [6, 6.07) is 16.0. The molecule has 0 aliphatic carbocycles. The predicted octanol–water partition coefficient (Wildman–Crippen LogP) is 0.290. The van der Waals surface area contributed by atoms with Crippen LogP contribution in [0.1, 0.15) is 22.0 Å². The molecular formula is C22H31ClN4O+2. The SMILES string of the molecule is CN(C)c1ccc([C@@H](CNC(=O)c2ccc(Cl)cc2)[NH+]2CC[NH+](C)CC2)cc1. The van der Waals surface area contributed by atoms with Crippen molar-refractivity contribution in [1.29, 1.82) is 0 Å². The van der Waals surface area contributed by atoms with Gasteiger partial charge in [-0.2, -0.15) is 0 Å². The van der Waals surface area contributed by atoms with Crippen molar-refractivity contribution in [1.82, 2.24) is 5.32 Å². The van der Waals surface area contributed by atoms with Crippen molar-refractivity contribution >= 4 is 23.2 Å². The van der Waals surface area contributed by atoms with E-state index in [0.717, 1.165) is 26.2 Å². The standard InChI is InChI=1S/C22H29ClN4O/c1-25(2)20-10-6-17(7-11-20)21(27-14-12-26(3)13-15-27)16-24-22(28)18-4-8-19(23)9-5-18/h4-11,21H,12-16H2,1-3H3,(H,24,28)/p+2/t21-/m1/s1. The van der Waals surface area contributed by atoms with Crippen molar-refractivity contribution in [2.24, 2.45) is 0 Å². The smallest absolute Gasteiger partial charge is 0.251 e. The van der Waals surface area contributed by atoms with Gasteiger partial charge in [0.15, 0.2) is 0 Å². The molecule has 0 bridgehead atoms. The summed E-state index contributed by atoms with van der Waals surface area (Å²) in [5.74, 6) is -0.0502. The molecule has 0 spiro atoms. The van der Waals surface area contributed by atoms with Crippen LogP contribution < -0.4 is 20.0 Å². The fourth-order valence-electron chi connectivity index (χ4n) is 3.75. The third-order valence-electron chi connectivity index (χ3n) is 5.62. The minimum atomic E-state index is -0.0502. The zero-order valence-corrected chi connectivity index (χ0v) is 17.7. The van der Waals surface area contributed by atoms with Crippen LogP contribution in [0.25, 0.3) is 0 Å². The van der Waals surface area contributed by atoms with Crippen molar-refractivity contribution in [3.63, 3.8) is 0 Å². The molecule has 5 nitrogen and oxygen atoms in total. The lowest BCUT2D eigenvalue weighted by Crippen LogP contribution is -3.27. The molecule has 2 aromatic carbocycles. The Kier molecular flexibility index (Phi) is 6.94. The summed E-state index contributed by atoms with van der Waals surface area (Å²) < 4.78 is 0.